The van der Waals surface area contributed by atoms with Crippen LogP contribution in [0.3, 0.4) is 0 Å². The maximum absolute atomic E-state index is 12.5. The van der Waals surface area contributed by atoms with Gasteiger partial charge in [-0.05, 0) is 30.7 Å². The number of halogens is 2. The van der Waals surface area contributed by atoms with Gasteiger partial charge in [0.05, 0.1) is 33.5 Å². The number of carbonyl (C=O) groups excluding carboxylic acids is 1. The normalized spacial score (nSPS) is 24.7. The van der Waals surface area contributed by atoms with Crippen LogP contribution >= 0.6 is 23.2 Å². The minimum Gasteiger partial charge on any atom is -0.299 e. The molecule has 1 aliphatic heterocycles. The molecule has 0 amide bonds. The minimum atomic E-state index is -0.156. The maximum atomic E-state index is 12.5. The van der Waals surface area contributed by atoms with E-state index >= 15 is 0 Å². The van der Waals surface area contributed by atoms with Crippen LogP contribution in [0.4, 0.5) is 0 Å². The number of hydrogen-bond acceptors (Lipinski definition) is 4. The van der Waals surface area contributed by atoms with Gasteiger partial charge >= 0.3 is 0 Å². The Morgan fingerprint density at radius 3 is 2.57 bits per heavy atom. The first kappa shape index (κ1) is 16.4. The molecule has 0 aliphatic carbocycles. The fraction of sp³-hybridized carbons (Fsp3) is 0.353. The monoisotopic (exact) mass is 349 g/mol. The van der Waals surface area contributed by atoms with Crippen LogP contribution in [-0.2, 0) is 4.79 Å². The van der Waals surface area contributed by atoms with Crippen molar-refractivity contribution in [3.63, 3.8) is 0 Å². The van der Waals surface area contributed by atoms with Gasteiger partial charge < -0.3 is 0 Å². The lowest BCUT2D eigenvalue weighted by Crippen LogP contribution is -2.42. The van der Waals surface area contributed by atoms with Crippen molar-refractivity contribution in [1.82, 2.24) is 15.3 Å². The Labute approximate surface area is 145 Å². The number of aromatic nitrogens is 2. The van der Waals surface area contributed by atoms with E-state index in [1.54, 1.807) is 18.5 Å². The van der Waals surface area contributed by atoms with Crippen molar-refractivity contribution >= 4 is 29.0 Å². The quantitative estimate of drug-likeness (QED) is 0.887. The summed E-state index contributed by atoms with van der Waals surface area (Å²) in [5, 5.41) is 4.69. The molecule has 1 saturated heterocycles. The standard InChI is InChI=1S/C17H17Cl2N3O/c1-9-5-12(19)8-21-16(9)17-10(2)15(23)6-14(22-17)13-4-3-11(18)7-20-13/h3-5,7-8,10,14,17,22H,6H2,1-2H3/t10-,14?,17+/m0/s1. The van der Waals surface area contributed by atoms with Gasteiger partial charge in [0.1, 0.15) is 5.78 Å². The molecule has 6 heteroatoms. The molecule has 2 aromatic rings. The van der Waals surface area contributed by atoms with Gasteiger partial charge in [-0.1, -0.05) is 30.1 Å². The van der Waals surface area contributed by atoms with Crippen LogP contribution < -0.4 is 5.32 Å². The molecule has 2 aromatic heterocycles. The Morgan fingerprint density at radius 1 is 1.17 bits per heavy atom. The van der Waals surface area contributed by atoms with Gasteiger partial charge in [-0.25, -0.2) is 0 Å². The largest absolute Gasteiger partial charge is 0.299 e. The number of carbonyl (C=O) groups is 1. The Kier molecular flexibility index (Phi) is 4.67. The molecule has 0 saturated carbocycles. The fourth-order valence-corrected chi connectivity index (χ4v) is 3.29. The summed E-state index contributed by atoms with van der Waals surface area (Å²) in [4.78, 5) is 21.2. The minimum absolute atomic E-state index is 0.141. The van der Waals surface area contributed by atoms with Crippen molar-refractivity contribution in [3.8, 4) is 0 Å². The predicted molar refractivity (Wildman–Crippen MR) is 90.6 cm³/mol. The molecule has 3 rings (SSSR count). The molecule has 1 N–H and O–H groups in total. The van der Waals surface area contributed by atoms with Gasteiger partial charge in [0.25, 0.3) is 0 Å². The number of ketones is 1. The average molecular weight is 350 g/mol. The second-order valence-electron chi connectivity index (χ2n) is 5.91. The van der Waals surface area contributed by atoms with E-state index in [0.717, 1.165) is 17.0 Å². The average Bonchev–Trinajstić information content (AvgIpc) is 2.51. The number of pyridine rings is 2. The fourth-order valence-electron chi connectivity index (χ4n) is 2.97. The third-order valence-corrected chi connectivity index (χ3v) is 4.71. The zero-order valence-electron chi connectivity index (χ0n) is 12.9. The van der Waals surface area contributed by atoms with Crippen LogP contribution in [0.1, 0.15) is 42.4 Å². The van der Waals surface area contributed by atoms with E-state index in [1.165, 1.54) is 0 Å². The summed E-state index contributed by atoms with van der Waals surface area (Å²) in [5.41, 5.74) is 2.64. The third-order valence-electron chi connectivity index (χ3n) is 4.28. The first-order valence-electron chi connectivity index (χ1n) is 7.48. The summed E-state index contributed by atoms with van der Waals surface area (Å²) in [6, 6.07) is 5.21. The van der Waals surface area contributed by atoms with Gasteiger partial charge in [-0.15, -0.1) is 0 Å². The van der Waals surface area contributed by atoms with Crippen LogP contribution in [0.2, 0.25) is 10.0 Å². The van der Waals surface area contributed by atoms with Crippen molar-refractivity contribution in [2.24, 2.45) is 5.92 Å². The Balaban J connectivity index is 1.93. The van der Waals surface area contributed by atoms with Gasteiger partial charge in [-0.3, -0.25) is 20.1 Å². The number of rotatable bonds is 2. The van der Waals surface area contributed by atoms with E-state index in [-0.39, 0.29) is 23.8 Å². The topological polar surface area (TPSA) is 54.9 Å². The Hall–Kier alpha value is -1.49. The number of hydrogen-bond donors (Lipinski definition) is 1. The van der Waals surface area contributed by atoms with Crippen molar-refractivity contribution in [2.75, 3.05) is 0 Å². The summed E-state index contributed by atoms with van der Waals surface area (Å²) in [5.74, 6) is 0.0533. The lowest BCUT2D eigenvalue weighted by molar-refractivity contribution is -0.126. The van der Waals surface area contributed by atoms with Crippen LogP contribution in [-0.4, -0.2) is 15.8 Å². The molecule has 0 aromatic carbocycles. The number of Topliss-reactive ketones (excluding diaryl/α,β-unsaturated/α-hetero) is 1. The molecule has 1 unspecified atom stereocenters. The molecular formula is C17H17Cl2N3O. The maximum Gasteiger partial charge on any atom is 0.139 e. The first-order valence-corrected chi connectivity index (χ1v) is 8.23. The van der Waals surface area contributed by atoms with E-state index in [1.807, 2.05) is 26.0 Å². The van der Waals surface area contributed by atoms with Gasteiger partial charge in [0, 0.05) is 24.7 Å². The van der Waals surface area contributed by atoms with Crippen molar-refractivity contribution in [2.45, 2.75) is 32.4 Å². The number of nitrogens with zero attached hydrogens (tertiary/aromatic N) is 2. The van der Waals surface area contributed by atoms with Gasteiger partial charge in [0.15, 0.2) is 0 Å². The first-order chi connectivity index (χ1) is 11.0. The molecule has 3 heterocycles. The molecule has 1 fully saturated rings. The Bertz CT molecular complexity index is 733. The highest BCUT2D eigenvalue weighted by Gasteiger charge is 2.36. The number of piperidine rings is 1. The summed E-state index contributed by atoms with van der Waals surface area (Å²) in [6.07, 6.45) is 3.63. The molecule has 0 bridgehead atoms. The summed E-state index contributed by atoms with van der Waals surface area (Å²) < 4.78 is 0. The van der Waals surface area contributed by atoms with E-state index in [4.69, 9.17) is 23.2 Å². The van der Waals surface area contributed by atoms with Crippen LogP contribution in [0.15, 0.2) is 30.6 Å². The molecule has 120 valence electrons. The summed E-state index contributed by atoms with van der Waals surface area (Å²) >= 11 is 11.9. The predicted octanol–water partition coefficient (Wildman–Crippen LogP) is 4.07. The molecule has 1 aliphatic rings. The van der Waals surface area contributed by atoms with Crippen molar-refractivity contribution in [1.29, 1.82) is 0 Å². The zero-order valence-corrected chi connectivity index (χ0v) is 14.4. The van der Waals surface area contributed by atoms with Gasteiger partial charge in [0.2, 0.25) is 0 Å². The lowest BCUT2D eigenvalue weighted by Gasteiger charge is -2.35. The van der Waals surface area contributed by atoms with E-state index in [9.17, 15) is 4.79 Å². The van der Waals surface area contributed by atoms with Gasteiger partial charge in [-0.2, -0.15) is 0 Å². The summed E-state index contributed by atoms with van der Waals surface area (Å²) in [6.45, 7) is 3.89. The second kappa shape index (κ2) is 6.56. The van der Waals surface area contributed by atoms with E-state index < -0.39 is 0 Å². The molecule has 23 heavy (non-hydrogen) atoms. The highest BCUT2D eigenvalue weighted by atomic mass is 35.5. The van der Waals surface area contributed by atoms with Crippen molar-refractivity contribution in [3.05, 3.63) is 57.6 Å². The number of aryl methyl sites for hydroxylation is 1. The van der Waals surface area contributed by atoms with Crippen LogP contribution in [0.25, 0.3) is 0 Å². The zero-order chi connectivity index (χ0) is 16.6. The molecular weight excluding hydrogens is 333 g/mol. The van der Waals surface area contributed by atoms with Crippen molar-refractivity contribution < 1.29 is 4.79 Å². The smallest absolute Gasteiger partial charge is 0.139 e. The molecule has 0 spiro atoms. The van der Waals surface area contributed by atoms with Crippen LogP contribution in [0.5, 0.6) is 0 Å². The Morgan fingerprint density at radius 2 is 1.91 bits per heavy atom. The highest BCUT2D eigenvalue weighted by Crippen LogP contribution is 2.35. The lowest BCUT2D eigenvalue weighted by atomic mass is 9.83. The molecule has 4 nitrogen and oxygen atoms in total. The second-order valence-corrected chi connectivity index (χ2v) is 6.79. The summed E-state index contributed by atoms with van der Waals surface area (Å²) in [7, 11) is 0. The van der Waals surface area contributed by atoms with E-state index in [0.29, 0.717) is 16.5 Å². The molecule has 0 radical (unpaired) electrons. The third kappa shape index (κ3) is 3.39. The number of nitrogens with one attached hydrogen (secondary N) is 1. The van der Waals surface area contributed by atoms with Crippen LogP contribution in [0, 0.1) is 12.8 Å². The van der Waals surface area contributed by atoms with E-state index in [2.05, 4.69) is 15.3 Å². The SMILES string of the molecule is Cc1cc(Cl)cnc1[C@@H]1NC(c2ccc(Cl)cn2)CC(=O)[C@@H]1C. The molecule has 3 atom stereocenters. The highest BCUT2D eigenvalue weighted by molar-refractivity contribution is 6.30.